The molecule has 4 rings (SSSR count). The van der Waals surface area contributed by atoms with Crippen molar-refractivity contribution in [1.82, 2.24) is 15.3 Å². The minimum atomic E-state index is -0.167. The van der Waals surface area contributed by atoms with Crippen LogP contribution in [0.2, 0.25) is 0 Å². The third-order valence-electron chi connectivity index (χ3n) is 6.74. The molecule has 1 aromatic rings. The van der Waals surface area contributed by atoms with Gasteiger partial charge in [-0.05, 0) is 25.7 Å². The topological polar surface area (TPSA) is 91.1 Å². The highest BCUT2D eigenvalue weighted by Crippen LogP contribution is 2.55. The molecule has 0 unspecified atom stereocenters. The monoisotopic (exact) mass is 369 g/mol. The molecule has 3 fully saturated rings. The van der Waals surface area contributed by atoms with Crippen molar-refractivity contribution >= 4 is 11.7 Å². The summed E-state index contributed by atoms with van der Waals surface area (Å²) in [6.45, 7) is 6.34. The van der Waals surface area contributed by atoms with Crippen LogP contribution in [-0.4, -0.2) is 47.2 Å². The number of hydrogen-bond donors (Lipinski definition) is 1. The van der Waals surface area contributed by atoms with Gasteiger partial charge >= 0.3 is 0 Å². The van der Waals surface area contributed by atoms with E-state index in [0.717, 1.165) is 38.8 Å². The molecule has 1 spiro atoms. The Labute approximate surface area is 160 Å². The lowest BCUT2D eigenvalue weighted by Gasteiger charge is -2.29. The lowest BCUT2D eigenvalue weighted by Crippen LogP contribution is -2.43. The molecule has 1 amide bonds. The summed E-state index contributed by atoms with van der Waals surface area (Å²) in [5, 5.41) is 12.5. The first-order valence-electron chi connectivity index (χ1n) is 10.0. The Bertz CT molecular complexity index is 759. The minimum Gasteiger partial charge on any atom is -0.369 e. The highest BCUT2D eigenvalue weighted by Gasteiger charge is 2.63. The molecule has 0 saturated carbocycles. The number of carbonyl (C=O) groups is 1. The Hall–Kier alpha value is -2.20. The number of aromatic nitrogens is 2. The largest absolute Gasteiger partial charge is 0.369 e. The number of nitrogens with zero attached hydrogens (tertiary/aromatic N) is 4. The predicted octanol–water partition coefficient (Wildman–Crippen LogP) is 1.88. The number of hydrogen-bond acceptors (Lipinski definition) is 6. The van der Waals surface area contributed by atoms with Crippen LogP contribution in [0.4, 0.5) is 5.82 Å². The van der Waals surface area contributed by atoms with Crippen LogP contribution in [0.3, 0.4) is 0 Å². The SMILES string of the molecule is CCC(CC)C(=O)NC[C@H]1[C@H]2CN(c3nccnc3C#N)C[C@]23CC[C@H]1O3. The van der Waals surface area contributed by atoms with Crippen molar-refractivity contribution in [3.8, 4) is 6.07 Å². The zero-order valence-electron chi connectivity index (χ0n) is 16.0. The van der Waals surface area contributed by atoms with Gasteiger partial charge < -0.3 is 15.0 Å². The average Bonchev–Trinajstić information content (AvgIpc) is 3.35. The second kappa shape index (κ2) is 7.08. The van der Waals surface area contributed by atoms with E-state index in [1.807, 2.05) is 0 Å². The standard InChI is InChI=1S/C20H27N5O2/c1-3-13(4-2)19(26)24-10-14-15-11-25(12-20(15)6-5-17(14)27-20)18-16(9-21)22-7-8-23-18/h7-8,13-15,17H,3-6,10-12H2,1-2H3,(H,24,26)/t14-,15+,17+,20+/m0/s1. The van der Waals surface area contributed by atoms with Crippen molar-refractivity contribution in [2.75, 3.05) is 24.5 Å². The number of nitriles is 1. The molecular weight excluding hydrogens is 342 g/mol. The van der Waals surface area contributed by atoms with Crippen LogP contribution in [0.1, 0.15) is 45.2 Å². The molecule has 1 N–H and O–H groups in total. The Morgan fingerprint density at radius 3 is 2.96 bits per heavy atom. The number of carbonyl (C=O) groups excluding carboxylic acids is 1. The van der Waals surface area contributed by atoms with Crippen LogP contribution in [0, 0.1) is 29.1 Å². The molecule has 144 valence electrons. The van der Waals surface area contributed by atoms with Crippen molar-refractivity contribution < 1.29 is 9.53 Å². The molecular formula is C20H27N5O2. The van der Waals surface area contributed by atoms with Crippen molar-refractivity contribution in [3.63, 3.8) is 0 Å². The summed E-state index contributed by atoms with van der Waals surface area (Å²) >= 11 is 0. The molecule has 0 radical (unpaired) electrons. The number of anilines is 1. The first-order valence-corrected chi connectivity index (χ1v) is 10.0. The third kappa shape index (κ3) is 2.96. The van der Waals surface area contributed by atoms with E-state index >= 15 is 0 Å². The lowest BCUT2D eigenvalue weighted by atomic mass is 9.73. The van der Waals surface area contributed by atoms with Crippen molar-refractivity contribution in [2.24, 2.45) is 17.8 Å². The van der Waals surface area contributed by atoms with Gasteiger partial charge in [-0.25, -0.2) is 9.97 Å². The van der Waals surface area contributed by atoms with Gasteiger partial charge in [0.25, 0.3) is 0 Å². The molecule has 1 aromatic heterocycles. The molecule has 0 aromatic carbocycles. The number of amides is 1. The number of ether oxygens (including phenoxy) is 1. The number of rotatable bonds is 6. The number of fused-ring (bicyclic) bond motifs is 1. The summed E-state index contributed by atoms with van der Waals surface area (Å²) in [6, 6.07) is 2.14. The molecule has 7 nitrogen and oxygen atoms in total. The van der Waals surface area contributed by atoms with E-state index in [4.69, 9.17) is 4.74 Å². The first kappa shape index (κ1) is 18.2. The van der Waals surface area contributed by atoms with Crippen molar-refractivity contribution in [1.29, 1.82) is 5.26 Å². The minimum absolute atomic E-state index is 0.0938. The van der Waals surface area contributed by atoms with Gasteiger partial charge in [0.15, 0.2) is 11.5 Å². The van der Waals surface area contributed by atoms with Crippen LogP contribution in [0.25, 0.3) is 0 Å². The summed E-state index contributed by atoms with van der Waals surface area (Å²) in [4.78, 5) is 23.1. The van der Waals surface area contributed by atoms with Crippen LogP contribution in [0.15, 0.2) is 12.4 Å². The predicted molar refractivity (Wildman–Crippen MR) is 99.9 cm³/mol. The van der Waals surface area contributed by atoms with Gasteiger partial charge in [0, 0.05) is 49.8 Å². The lowest BCUT2D eigenvalue weighted by molar-refractivity contribution is -0.125. The Morgan fingerprint density at radius 2 is 2.22 bits per heavy atom. The Morgan fingerprint density at radius 1 is 1.44 bits per heavy atom. The second-order valence-electron chi connectivity index (χ2n) is 8.01. The van der Waals surface area contributed by atoms with Crippen LogP contribution in [-0.2, 0) is 9.53 Å². The van der Waals surface area contributed by atoms with E-state index < -0.39 is 0 Å². The summed E-state index contributed by atoms with van der Waals surface area (Å²) < 4.78 is 6.44. The fourth-order valence-electron chi connectivity index (χ4n) is 5.29. The van der Waals surface area contributed by atoms with Crippen LogP contribution in [0.5, 0.6) is 0 Å². The summed E-state index contributed by atoms with van der Waals surface area (Å²) in [6.07, 6.45) is 7.24. The van der Waals surface area contributed by atoms with Gasteiger partial charge in [-0.3, -0.25) is 4.79 Å². The molecule has 4 atom stereocenters. The fourth-order valence-corrected chi connectivity index (χ4v) is 5.29. The quantitative estimate of drug-likeness (QED) is 0.823. The second-order valence-corrected chi connectivity index (χ2v) is 8.01. The molecule has 3 aliphatic heterocycles. The summed E-state index contributed by atoms with van der Waals surface area (Å²) in [5.41, 5.74) is 0.196. The maximum atomic E-state index is 12.4. The average molecular weight is 369 g/mol. The Balaban J connectivity index is 1.48. The van der Waals surface area contributed by atoms with E-state index in [1.165, 1.54) is 0 Å². The highest BCUT2D eigenvalue weighted by molar-refractivity contribution is 5.78. The van der Waals surface area contributed by atoms with Gasteiger partial charge in [-0.1, -0.05) is 13.8 Å². The maximum Gasteiger partial charge on any atom is 0.223 e. The molecule has 0 aliphatic carbocycles. The molecule has 4 heterocycles. The molecule has 3 saturated heterocycles. The fraction of sp³-hybridized carbons (Fsp3) is 0.700. The first-order chi connectivity index (χ1) is 13.1. The van der Waals surface area contributed by atoms with Gasteiger partial charge in [-0.15, -0.1) is 0 Å². The summed E-state index contributed by atoms with van der Waals surface area (Å²) in [5.74, 6) is 1.58. The van der Waals surface area contributed by atoms with Crippen LogP contribution >= 0.6 is 0 Å². The summed E-state index contributed by atoms with van der Waals surface area (Å²) in [7, 11) is 0. The van der Waals surface area contributed by atoms with Gasteiger partial charge in [-0.2, -0.15) is 5.26 Å². The van der Waals surface area contributed by atoms with Crippen molar-refractivity contribution in [2.45, 2.75) is 51.2 Å². The highest BCUT2D eigenvalue weighted by atomic mass is 16.5. The van der Waals surface area contributed by atoms with Gasteiger partial charge in [0.2, 0.25) is 5.91 Å². The molecule has 2 bridgehead atoms. The maximum absolute atomic E-state index is 12.4. The molecule has 7 heteroatoms. The third-order valence-corrected chi connectivity index (χ3v) is 6.74. The van der Waals surface area contributed by atoms with E-state index in [2.05, 4.69) is 40.1 Å². The Kier molecular flexibility index (Phi) is 4.77. The molecule has 3 aliphatic rings. The van der Waals surface area contributed by atoms with Gasteiger partial charge in [0.1, 0.15) is 6.07 Å². The van der Waals surface area contributed by atoms with E-state index in [0.29, 0.717) is 29.9 Å². The molecule has 27 heavy (non-hydrogen) atoms. The zero-order chi connectivity index (χ0) is 19.0. The smallest absolute Gasteiger partial charge is 0.223 e. The van der Waals surface area contributed by atoms with Crippen LogP contribution < -0.4 is 10.2 Å². The zero-order valence-corrected chi connectivity index (χ0v) is 16.0. The van der Waals surface area contributed by atoms with E-state index in [9.17, 15) is 10.1 Å². The van der Waals surface area contributed by atoms with Crippen molar-refractivity contribution in [3.05, 3.63) is 18.1 Å². The van der Waals surface area contributed by atoms with E-state index in [1.54, 1.807) is 12.4 Å². The van der Waals surface area contributed by atoms with E-state index in [-0.39, 0.29) is 23.5 Å². The normalized spacial score (nSPS) is 31.2. The van der Waals surface area contributed by atoms with Gasteiger partial charge in [0.05, 0.1) is 11.7 Å². The number of nitrogens with one attached hydrogen (secondary N) is 1.